The van der Waals surface area contributed by atoms with Crippen LogP contribution in [0.3, 0.4) is 0 Å². The first-order valence-electron chi connectivity index (χ1n) is 14.1. The fourth-order valence-electron chi connectivity index (χ4n) is 5.07. The largest absolute Gasteiger partial charge is 0.396 e. The standard InChI is InChI=1S/C25H41ClN10O3/c26-21-24(28-3-6-35-13-18-39-19-14-35)30-23-20(29-21)22(27-2-5-34-11-16-38-17-12-34)31-25(32-23)36-9-7-33(8-10-36)4-1-15-37/h37H,1-19H2,(H2,27,28,30,31,32). The van der Waals surface area contributed by atoms with Crippen molar-refractivity contribution < 1.29 is 14.6 Å². The highest BCUT2D eigenvalue weighted by molar-refractivity contribution is 6.32. The minimum atomic E-state index is 0.220. The first kappa shape index (κ1) is 28.4. The lowest BCUT2D eigenvalue weighted by Gasteiger charge is -2.34. The van der Waals surface area contributed by atoms with E-state index < -0.39 is 0 Å². The van der Waals surface area contributed by atoms with E-state index in [1.54, 1.807) is 0 Å². The Labute approximate surface area is 234 Å². The summed E-state index contributed by atoms with van der Waals surface area (Å²) in [5.74, 6) is 1.84. The van der Waals surface area contributed by atoms with Gasteiger partial charge in [-0.2, -0.15) is 9.97 Å². The van der Waals surface area contributed by atoms with Crippen molar-refractivity contribution in [3.8, 4) is 0 Å². The normalized spacial score (nSPS) is 20.0. The average Bonchev–Trinajstić information content (AvgIpc) is 2.98. The van der Waals surface area contributed by atoms with Gasteiger partial charge in [0, 0.05) is 91.7 Å². The minimum Gasteiger partial charge on any atom is -0.396 e. The summed E-state index contributed by atoms with van der Waals surface area (Å²) in [6.07, 6.45) is 0.793. The second-order valence-electron chi connectivity index (χ2n) is 10.1. The third-order valence-electron chi connectivity index (χ3n) is 7.41. The third kappa shape index (κ3) is 7.97. The second-order valence-corrected chi connectivity index (χ2v) is 10.4. The second kappa shape index (κ2) is 14.5. The van der Waals surface area contributed by atoms with E-state index in [1.165, 1.54) is 0 Å². The lowest BCUT2D eigenvalue weighted by Crippen LogP contribution is -2.47. The summed E-state index contributed by atoms with van der Waals surface area (Å²) in [5.41, 5.74) is 1.10. The van der Waals surface area contributed by atoms with E-state index >= 15 is 0 Å². The van der Waals surface area contributed by atoms with Gasteiger partial charge in [-0.25, -0.2) is 9.97 Å². The van der Waals surface area contributed by atoms with Gasteiger partial charge in [0.15, 0.2) is 28.0 Å². The molecule has 13 nitrogen and oxygen atoms in total. The number of fused-ring (bicyclic) bond motifs is 1. The molecule has 3 aliphatic rings. The van der Waals surface area contributed by atoms with Crippen molar-refractivity contribution in [3.63, 3.8) is 0 Å². The molecule has 5 heterocycles. The molecule has 0 aromatic carbocycles. The number of anilines is 3. The predicted octanol–water partition coefficient (Wildman–Crippen LogP) is 0.0658. The molecule has 0 radical (unpaired) electrons. The van der Waals surface area contributed by atoms with Crippen LogP contribution in [0.15, 0.2) is 0 Å². The SMILES string of the molecule is OCCCN1CCN(c2nc(NCCN3CCOCC3)c3nc(Cl)c(NCCN4CCOCC4)nc3n2)CC1. The maximum Gasteiger partial charge on any atom is 0.229 e. The summed E-state index contributed by atoms with van der Waals surface area (Å²) in [6, 6.07) is 0. The van der Waals surface area contributed by atoms with E-state index in [0.29, 0.717) is 40.4 Å². The number of aliphatic hydroxyl groups is 1. The molecule has 0 unspecified atom stereocenters. The number of halogens is 1. The summed E-state index contributed by atoms with van der Waals surface area (Å²) in [6.45, 7) is 14.6. The summed E-state index contributed by atoms with van der Waals surface area (Å²) in [5, 5.41) is 16.3. The van der Waals surface area contributed by atoms with E-state index in [0.717, 1.165) is 111 Å². The Balaban J connectivity index is 1.31. The molecular weight excluding hydrogens is 524 g/mol. The van der Waals surface area contributed by atoms with Crippen molar-refractivity contribution in [2.45, 2.75) is 6.42 Å². The van der Waals surface area contributed by atoms with Crippen molar-refractivity contribution in [2.24, 2.45) is 0 Å². The maximum atomic E-state index is 9.17. The van der Waals surface area contributed by atoms with Gasteiger partial charge in [0.05, 0.1) is 26.4 Å². The van der Waals surface area contributed by atoms with Crippen LogP contribution in [-0.2, 0) is 9.47 Å². The Hall–Kier alpha value is -2.13. The molecule has 0 spiro atoms. The zero-order chi connectivity index (χ0) is 26.9. The molecule has 0 bridgehead atoms. The summed E-state index contributed by atoms with van der Waals surface area (Å²) < 4.78 is 10.9. The number of hydrogen-bond donors (Lipinski definition) is 3. The molecule has 3 N–H and O–H groups in total. The lowest BCUT2D eigenvalue weighted by molar-refractivity contribution is 0.0398. The van der Waals surface area contributed by atoms with E-state index in [-0.39, 0.29) is 6.61 Å². The number of hydrogen-bond acceptors (Lipinski definition) is 13. The Morgan fingerprint density at radius 1 is 0.692 bits per heavy atom. The maximum absolute atomic E-state index is 9.17. The molecule has 0 amide bonds. The Morgan fingerprint density at radius 3 is 1.90 bits per heavy atom. The zero-order valence-electron chi connectivity index (χ0n) is 22.7. The first-order chi connectivity index (χ1) is 19.2. The number of rotatable bonds is 12. The van der Waals surface area contributed by atoms with Gasteiger partial charge in [0.25, 0.3) is 0 Å². The van der Waals surface area contributed by atoms with E-state index in [9.17, 15) is 0 Å². The molecule has 0 atom stereocenters. The minimum absolute atomic E-state index is 0.220. The fraction of sp³-hybridized carbons (Fsp3) is 0.760. The molecule has 14 heteroatoms. The van der Waals surface area contributed by atoms with Gasteiger partial charge in [-0.05, 0) is 6.42 Å². The topological polar surface area (TPSA) is 127 Å². The lowest BCUT2D eigenvalue weighted by atomic mass is 10.3. The Kier molecular flexibility index (Phi) is 10.5. The van der Waals surface area contributed by atoms with Crippen LogP contribution < -0.4 is 15.5 Å². The molecule has 0 aliphatic carbocycles. The number of piperazine rings is 1. The van der Waals surface area contributed by atoms with Crippen LogP contribution in [0.2, 0.25) is 5.15 Å². The number of aliphatic hydroxyl groups excluding tert-OH is 1. The van der Waals surface area contributed by atoms with Gasteiger partial charge >= 0.3 is 0 Å². The molecule has 3 saturated heterocycles. The molecule has 2 aromatic heterocycles. The number of nitrogens with one attached hydrogen (secondary N) is 2. The summed E-state index contributed by atoms with van der Waals surface area (Å²) in [4.78, 5) is 28.5. The van der Waals surface area contributed by atoms with Gasteiger partial charge in [0.2, 0.25) is 5.95 Å². The fourth-order valence-corrected chi connectivity index (χ4v) is 5.27. The zero-order valence-corrected chi connectivity index (χ0v) is 23.4. The first-order valence-corrected chi connectivity index (χ1v) is 14.5. The van der Waals surface area contributed by atoms with E-state index in [4.69, 9.17) is 41.1 Å². The van der Waals surface area contributed by atoms with Crippen LogP contribution in [0.1, 0.15) is 6.42 Å². The van der Waals surface area contributed by atoms with Crippen molar-refractivity contribution in [3.05, 3.63) is 5.15 Å². The number of aromatic nitrogens is 4. The van der Waals surface area contributed by atoms with Gasteiger partial charge in [-0.3, -0.25) is 14.7 Å². The van der Waals surface area contributed by atoms with Crippen LogP contribution in [0.25, 0.3) is 11.2 Å². The number of morpholine rings is 2. The number of nitrogens with zero attached hydrogens (tertiary/aromatic N) is 8. The van der Waals surface area contributed by atoms with Crippen molar-refractivity contribution >= 4 is 40.3 Å². The highest BCUT2D eigenvalue weighted by Gasteiger charge is 2.22. The predicted molar refractivity (Wildman–Crippen MR) is 152 cm³/mol. The smallest absolute Gasteiger partial charge is 0.229 e. The van der Waals surface area contributed by atoms with Gasteiger partial charge in [-0.15, -0.1) is 0 Å². The molecule has 0 saturated carbocycles. The van der Waals surface area contributed by atoms with Crippen LogP contribution in [0.4, 0.5) is 17.6 Å². The quantitative estimate of drug-likeness (QED) is 0.322. The molecule has 2 aromatic rings. The van der Waals surface area contributed by atoms with Crippen LogP contribution in [0, 0.1) is 0 Å². The average molecular weight is 565 g/mol. The van der Waals surface area contributed by atoms with Gasteiger partial charge in [0.1, 0.15) is 0 Å². The molecule has 39 heavy (non-hydrogen) atoms. The van der Waals surface area contributed by atoms with E-state index in [2.05, 4.69) is 35.2 Å². The molecule has 3 aliphatic heterocycles. The van der Waals surface area contributed by atoms with Gasteiger partial charge in [-0.1, -0.05) is 11.6 Å². The van der Waals surface area contributed by atoms with Crippen LogP contribution >= 0.6 is 11.6 Å². The summed E-state index contributed by atoms with van der Waals surface area (Å²) in [7, 11) is 0. The van der Waals surface area contributed by atoms with Crippen molar-refractivity contribution in [1.29, 1.82) is 0 Å². The van der Waals surface area contributed by atoms with Gasteiger partial charge < -0.3 is 30.1 Å². The Morgan fingerprint density at radius 2 is 1.28 bits per heavy atom. The molecule has 3 fully saturated rings. The van der Waals surface area contributed by atoms with Crippen molar-refractivity contribution in [1.82, 2.24) is 34.6 Å². The molecule has 5 rings (SSSR count). The highest BCUT2D eigenvalue weighted by Crippen LogP contribution is 2.27. The molecule has 216 valence electrons. The Bertz CT molecular complexity index is 1050. The molecular formula is C25H41ClN10O3. The van der Waals surface area contributed by atoms with E-state index in [1.807, 2.05) is 0 Å². The van der Waals surface area contributed by atoms with Crippen LogP contribution in [0.5, 0.6) is 0 Å². The summed E-state index contributed by atoms with van der Waals surface area (Å²) >= 11 is 6.59. The number of ether oxygens (including phenoxy) is 2. The van der Waals surface area contributed by atoms with Crippen molar-refractivity contribution in [2.75, 3.05) is 134 Å². The third-order valence-corrected chi connectivity index (χ3v) is 7.68. The monoisotopic (exact) mass is 564 g/mol. The van der Waals surface area contributed by atoms with Crippen LogP contribution in [-0.4, -0.2) is 158 Å². The highest BCUT2D eigenvalue weighted by atomic mass is 35.5.